The van der Waals surface area contributed by atoms with Crippen molar-refractivity contribution in [3.63, 3.8) is 0 Å². The number of aromatic hydroxyl groups is 1. The van der Waals surface area contributed by atoms with Crippen molar-refractivity contribution in [2.75, 3.05) is 20.1 Å². The van der Waals surface area contributed by atoms with E-state index in [1.54, 1.807) is 0 Å². The number of H-pyrrole nitrogens is 1. The van der Waals surface area contributed by atoms with Crippen molar-refractivity contribution >= 4 is 0 Å². The van der Waals surface area contributed by atoms with E-state index in [1.165, 1.54) is 4.57 Å². The van der Waals surface area contributed by atoms with Gasteiger partial charge in [0.15, 0.2) is 0 Å². The van der Waals surface area contributed by atoms with Gasteiger partial charge in [-0.05, 0) is 51.7 Å². The number of nitrogens with zero attached hydrogens (tertiary/aromatic N) is 2. The summed E-state index contributed by atoms with van der Waals surface area (Å²) in [5, 5.41) is 10.2. The molecular weight excluding hydrogens is 270 g/mol. The third-order valence-electron chi connectivity index (χ3n) is 4.36. The van der Waals surface area contributed by atoms with Gasteiger partial charge in [0, 0.05) is 6.54 Å². The molecule has 0 radical (unpaired) electrons. The van der Waals surface area contributed by atoms with Gasteiger partial charge < -0.3 is 10.0 Å². The molecule has 1 aliphatic heterocycles. The van der Waals surface area contributed by atoms with Crippen LogP contribution in [-0.4, -0.2) is 39.7 Å². The molecule has 0 aromatic carbocycles. The third-order valence-corrected chi connectivity index (χ3v) is 4.36. The summed E-state index contributed by atoms with van der Waals surface area (Å²) >= 11 is 0. The molecule has 118 valence electrons. The molecule has 2 N–H and O–H groups in total. The fourth-order valence-electron chi connectivity index (χ4n) is 2.95. The molecule has 0 aliphatic carbocycles. The van der Waals surface area contributed by atoms with E-state index in [0.29, 0.717) is 24.4 Å². The van der Waals surface area contributed by atoms with E-state index in [-0.39, 0.29) is 5.88 Å². The molecule has 1 aromatic rings. The average molecular weight is 295 g/mol. The van der Waals surface area contributed by atoms with Gasteiger partial charge in [-0.2, -0.15) is 0 Å². The zero-order valence-electron chi connectivity index (χ0n) is 12.9. The minimum absolute atomic E-state index is 0.154. The Morgan fingerprint density at radius 1 is 1.29 bits per heavy atom. The highest BCUT2D eigenvalue weighted by molar-refractivity contribution is 5.22. The van der Waals surface area contributed by atoms with Crippen molar-refractivity contribution in [2.24, 2.45) is 5.92 Å². The van der Waals surface area contributed by atoms with Crippen LogP contribution < -0.4 is 11.2 Å². The lowest BCUT2D eigenvalue weighted by Gasteiger charge is -2.29. The summed E-state index contributed by atoms with van der Waals surface area (Å²) in [6.45, 7) is 4.57. The Morgan fingerprint density at radius 3 is 2.57 bits per heavy atom. The molecule has 1 saturated heterocycles. The Bertz CT molecular complexity index is 583. The molecule has 0 saturated carbocycles. The highest BCUT2D eigenvalue weighted by atomic mass is 16.3. The number of likely N-dealkylation sites (tertiary alicyclic amines) is 1. The van der Waals surface area contributed by atoms with Gasteiger partial charge >= 0.3 is 5.69 Å². The quantitative estimate of drug-likeness (QED) is 0.847. The predicted molar refractivity (Wildman–Crippen MR) is 81.8 cm³/mol. The third kappa shape index (κ3) is 3.75. The van der Waals surface area contributed by atoms with Crippen molar-refractivity contribution < 1.29 is 5.11 Å². The summed E-state index contributed by atoms with van der Waals surface area (Å²) in [6.07, 6.45) is 4.34. The first kappa shape index (κ1) is 15.8. The predicted octanol–water partition coefficient (Wildman–Crippen LogP) is 0.927. The van der Waals surface area contributed by atoms with E-state index in [1.807, 2.05) is 6.92 Å². The summed E-state index contributed by atoms with van der Waals surface area (Å²) in [5.74, 6) is 0.424. The van der Waals surface area contributed by atoms with Crippen LogP contribution in [0.4, 0.5) is 0 Å². The molecule has 0 unspecified atom stereocenters. The topological polar surface area (TPSA) is 78.3 Å². The standard InChI is InChI=1S/C15H25N3O3/c1-3-4-12-13(19)16-15(21)18(14(12)20)10-7-11-5-8-17(2)9-6-11/h11,20H,3-10H2,1-2H3,(H,16,19,21). The van der Waals surface area contributed by atoms with Crippen LogP contribution in [0.15, 0.2) is 9.59 Å². The maximum Gasteiger partial charge on any atom is 0.331 e. The van der Waals surface area contributed by atoms with E-state index in [4.69, 9.17) is 0 Å². The molecule has 6 nitrogen and oxygen atoms in total. The van der Waals surface area contributed by atoms with Crippen LogP contribution in [0.1, 0.15) is 38.2 Å². The molecule has 2 rings (SSSR count). The maximum atomic E-state index is 11.9. The zero-order valence-corrected chi connectivity index (χ0v) is 12.9. The molecule has 1 aromatic heterocycles. The van der Waals surface area contributed by atoms with E-state index >= 15 is 0 Å². The molecule has 1 aliphatic rings. The van der Waals surface area contributed by atoms with Crippen LogP contribution in [0.3, 0.4) is 0 Å². The van der Waals surface area contributed by atoms with Gasteiger partial charge in [-0.25, -0.2) is 4.79 Å². The minimum atomic E-state index is -0.509. The van der Waals surface area contributed by atoms with Crippen LogP contribution in [-0.2, 0) is 13.0 Å². The number of aromatic amines is 1. The van der Waals surface area contributed by atoms with Gasteiger partial charge in [-0.15, -0.1) is 0 Å². The first-order chi connectivity index (χ1) is 10.0. The molecule has 6 heteroatoms. The normalized spacial score (nSPS) is 17.2. The summed E-state index contributed by atoms with van der Waals surface area (Å²) in [5.41, 5.74) is -0.652. The molecular formula is C15H25N3O3. The molecule has 21 heavy (non-hydrogen) atoms. The maximum absolute atomic E-state index is 11.9. The Labute approximate surface area is 124 Å². The number of hydrogen-bond acceptors (Lipinski definition) is 4. The van der Waals surface area contributed by atoms with Crippen LogP contribution in [0.2, 0.25) is 0 Å². The average Bonchev–Trinajstić information content (AvgIpc) is 2.45. The van der Waals surface area contributed by atoms with E-state index in [9.17, 15) is 14.7 Å². The summed E-state index contributed by atoms with van der Waals surface area (Å²) in [4.78, 5) is 28.2. The van der Waals surface area contributed by atoms with Crippen molar-refractivity contribution in [1.82, 2.24) is 14.5 Å². The van der Waals surface area contributed by atoms with Gasteiger partial charge in [0.2, 0.25) is 5.88 Å². The van der Waals surface area contributed by atoms with E-state index < -0.39 is 11.2 Å². The fourth-order valence-corrected chi connectivity index (χ4v) is 2.95. The van der Waals surface area contributed by atoms with Gasteiger partial charge in [-0.3, -0.25) is 14.3 Å². The summed E-state index contributed by atoms with van der Waals surface area (Å²) < 4.78 is 1.31. The zero-order chi connectivity index (χ0) is 15.4. The highest BCUT2D eigenvalue weighted by Gasteiger charge is 2.18. The van der Waals surface area contributed by atoms with Gasteiger partial charge in [0.05, 0.1) is 5.56 Å². The highest BCUT2D eigenvalue weighted by Crippen LogP contribution is 2.21. The first-order valence-electron chi connectivity index (χ1n) is 7.76. The molecule has 0 atom stereocenters. The van der Waals surface area contributed by atoms with E-state index in [2.05, 4.69) is 16.9 Å². The van der Waals surface area contributed by atoms with Crippen LogP contribution in [0.25, 0.3) is 0 Å². The lowest BCUT2D eigenvalue weighted by atomic mass is 9.94. The Hall–Kier alpha value is -1.56. The smallest absolute Gasteiger partial charge is 0.331 e. The van der Waals surface area contributed by atoms with Crippen molar-refractivity contribution in [3.8, 4) is 5.88 Å². The Kier molecular flexibility index (Phi) is 5.22. The number of piperidine rings is 1. The van der Waals surface area contributed by atoms with Gasteiger partial charge in [-0.1, -0.05) is 13.3 Å². The minimum Gasteiger partial charge on any atom is -0.494 e. The molecule has 1 fully saturated rings. The Balaban J connectivity index is 2.11. The summed E-state index contributed by atoms with van der Waals surface area (Å²) in [6, 6.07) is 0. The second-order valence-electron chi connectivity index (χ2n) is 6.00. The lowest BCUT2D eigenvalue weighted by molar-refractivity contribution is 0.205. The SMILES string of the molecule is CCCc1c(O)n(CCC2CCN(C)CC2)c(=O)[nH]c1=O. The van der Waals surface area contributed by atoms with Gasteiger partial charge in [0.1, 0.15) is 0 Å². The van der Waals surface area contributed by atoms with Crippen molar-refractivity contribution in [2.45, 2.75) is 45.6 Å². The number of aromatic nitrogens is 2. The molecule has 0 bridgehead atoms. The van der Waals surface area contributed by atoms with Crippen molar-refractivity contribution in [1.29, 1.82) is 0 Å². The van der Waals surface area contributed by atoms with Crippen LogP contribution in [0, 0.1) is 5.92 Å². The molecule has 0 spiro atoms. The number of rotatable bonds is 5. The largest absolute Gasteiger partial charge is 0.494 e. The fraction of sp³-hybridized carbons (Fsp3) is 0.733. The second-order valence-corrected chi connectivity index (χ2v) is 6.00. The lowest BCUT2D eigenvalue weighted by Crippen LogP contribution is -2.34. The number of nitrogens with one attached hydrogen (secondary N) is 1. The monoisotopic (exact) mass is 295 g/mol. The van der Waals surface area contributed by atoms with Gasteiger partial charge in [0.25, 0.3) is 5.56 Å². The Morgan fingerprint density at radius 2 is 1.95 bits per heavy atom. The summed E-state index contributed by atoms with van der Waals surface area (Å²) in [7, 11) is 2.12. The first-order valence-corrected chi connectivity index (χ1v) is 7.76. The second kappa shape index (κ2) is 6.93. The van der Waals surface area contributed by atoms with E-state index in [0.717, 1.165) is 38.8 Å². The van der Waals surface area contributed by atoms with Crippen LogP contribution >= 0.6 is 0 Å². The molecule has 2 heterocycles. The van der Waals surface area contributed by atoms with Crippen molar-refractivity contribution in [3.05, 3.63) is 26.4 Å². The molecule has 0 amide bonds. The number of hydrogen-bond donors (Lipinski definition) is 2. The van der Waals surface area contributed by atoms with Crippen LogP contribution in [0.5, 0.6) is 5.88 Å².